The molecule has 0 aliphatic rings. The van der Waals surface area contributed by atoms with Crippen molar-refractivity contribution in [3.05, 3.63) is 53.6 Å². The number of aryl methyl sites for hydroxylation is 2. The zero-order chi connectivity index (χ0) is 23.5. The molecule has 170 valence electrons. The van der Waals surface area contributed by atoms with E-state index in [1.54, 1.807) is 26.2 Å². The van der Waals surface area contributed by atoms with Gasteiger partial charge in [-0.25, -0.2) is 8.42 Å². The van der Waals surface area contributed by atoms with Crippen molar-refractivity contribution in [3.8, 4) is 16.3 Å². The van der Waals surface area contributed by atoms with Crippen LogP contribution in [0.4, 0.5) is 10.8 Å². The van der Waals surface area contributed by atoms with Crippen molar-refractivity contribution in [2.24, 2.45) is 0 Å². The van der Waals surface area contributed by atoms with Gasteiger partial charge in [0.1, 0.15) is 16.8 Å². The minimum Gasteiger partial charge on any atom is -0.497 e. The Kier molecular flexibility index (Phi) is 7.15. The zero-order valence-corrected chi connectivity index (χ0v) is 20.3. The molecule has 0 spiro atoms. The Balaban J connectivity index is 1.86. The van der Waals surface area contributed by atoms with Crippen molar-refractivity contribution in [1.82, 2.24) is 10.2 Å². The summed E-state index contributed by atoms with van der Waals surface area (Å²) >= 11 is 1.21. The minimum absolute atomic E-state index is 0.288. The van der Waals surface area contributed by atoms with Gasteiger partial charge in [-0.1, -0.05) is 24.3 Å². The van der Waals surface area contributed by atoms with Crippen molar-refractivity contribution in [2.45, 2.75) is 33.2 Å². The molecular weight excluding hydrogens is 448 g/mol. The molecule has 0 saturated carbocycles. The summed E-state index contributed by atoms with van der Waals surface area (Å²) in [6.45, 7) is 5.55. The summed E-state index contributed by atoms with van der Waals surface area (Å²) in [5, 5.41) is 11.8. The van der Waals surface area contributed by atoms with Gasteiger partial charge in [-0.15, -0.1) is 10.2 Å². The number of hydrogen-bond donors (Lipinski definition) is 1. The van der Waals surface area contributed by atoms with Crippen molar-refractivity contribution in [1.29, 1.82) is 0 Å². The third kappa shape index (κ3) is 5.43. The smallest absolute Gasteiger partial charge is 0.250 e. The quantitative estimate of drug-likeness (QED) is 0.529. The fourth-order valence-corrected chi connectivity index (χ4v) is 5.40. The fraction of sp³-hybridized carbons (Fsp3) is 0.318. The van der Waals surface area contributed by atoms with Gasteiger partial charge >= 0.3 is 0 Å². The first-order chi connectivity index (χ1) is 15.1. The largest absolute Gasteiger partial charge is 0.497 e. The van der Waals surface area contributed by atoms with Crippen LogP contribution < -0.4 is 14.4 Å². The van der Waals surface area contributed by atoms with Crippen LogP contribution in [0.15, 0.2) is 42.5 Å². The zero-order valence-electron chi connectivity index (χ0n) is 18.6. The van der Waals surface area contributed by atoms with E-state index in [2.05, 4.69) is 15.5 Å². The Hall–Kier alpha value is -2.98. The van der Waals surface area contributed by atoms with Crippen LogP contribution in [0.5, 0.6) is 5.75 Å². The van der Waals surface area contributed by atoms with Gasteiger partial charge in [-0.05, 0) is 67.8 Å². The fourth-order valence-electron chi connectivity index (χ4n) is 3.45. The van der Waals surface area contributed by atoms with E-state index in [4.69, 9.17) is 4.74 Å². The molecule has 0 aliphatic heterocycles. The molecule has 1 aromatic heterocycles. The molecular formula is C22H26N4O4S2. The van der Waals surface area contributed by atoms with Crippen molar-refractivity contribution >= 4 is 38.1 Å². The number of carbonyl (C=O) groups excluding carboxylic acids is 1. The van der Waals surface area contributed by atoms with Crippen molar-refractivity contribution in [3.63, 3.8) is 0 Å². The third-order valence-electron chi connectivity index (χ3n) is 4.78. The Morgan fingerprint density at radius 1 is 1.12 bits per heavy atom. The van der Waals surface area contributed by atoms with E-state index >= 15 is 0 Å². The Bertz CT molecular complexity index is 1190. The van der Waals surface area contributed by atoms with Gasteiger partial charge in [0.2, 0.25) is 21.1 Å². The van der Waals surface area contributed by atoms with Crippen LogP contribution in [0, 0.1) is 13.8 Å². The molecule has 1 amide bonds. The summed E-state index contributed by atoms with van der Waals surface area (Å²) in [4.78, 5) is 13.1. The summed E-state index contributed by atoms with van der Waals surface area (Å²) in [7, 11) is -2.12. The SMILES string of the molecule is CC[C@@H](C(=O)Nc1nnc(-c2ccc(OC)cc2)s1)N(c1cc(C)cc(C)c1)S(C)(=O)=O. The van der Waals surface area contributed by atoms with E-state index < -0.39 is 22.0 Å². The second kappa shape index (κ2) is 9.66. The average molecular weight is 475 g/mol. The van der Waals surface area contributed by atoms with Crippen LogP contribution in [0.1, 0.15) is 24.5 Å². The lowest BCUT2D eigenvalue weighted by Gasteiger charge is -2.30. The maximum absolute atomic E-state index is 13.1. The van der Waals surface area contributed by atoms with Gasteiger partial charge in [0.15, 0.2) is 0 Å². The molecule has 0 radical (unpaired) electrons. The molecule has 1 heterocycles. The van der Waals surface area contributed by atoms with Crippen molar-refractivity contribution < 1.29 is 17.9 Å². The second-order valence-electron chi connectivity index (χ2n) is 7.46. The number of nitrogens with zero attached hydrogens (tertiary/aromatic N) is 3. The Labute approximate surface area is 192 Å². The van der Waals surface area contributed by atoms with Crippen LogP contribution in [-0.2, 0) is 14.8 Å². The molecule has 8 nitrogen and oxygen atoms in total. The topological polar surface area (TPSA) is 101 Å². The third-order valence-corrected chi connectivity index (χ3v) is 6.85. The molecule has 3 aromatic rings. The van der Waals surface area contributed by atoms with Crippen LogP contribution in [0.3, 0.4) is 0 Å². The number of carbonyl (C=O) groups is 1. The molecule has 0 bridgehead atoms. The Morgan fingerprint density at radius 3 is 2.28 bits per heavy atom. The predicted octanol–water partition coefficient (Wildman–Crippen LogP) is 4.01. The first-order valence-corrected chi connectivity index (χ1v) is 12.7. The summed E-state index contributed by atoms with van der Waals surface area (Å²) in [6.07, 6.45) is 1.39. The summed E-state index contributed by atoms with van der Waals surface area (Å²) in [5.74, 6) is 0.263. The van der Waals surface area contributed by atoms with E-state index in [1.165, 1.54) is 15.6 Å². The molecule has 0 saturated heterocycles. The molecule has 3 rings (SSSR count). The standard InChI is InChI=1S/C22H26N4O4S2/c1-6-19(26(32(5,28)29)17-12-14(2)11-15(3)13-17)20(27)23-22-25-24-21(31-22)16-7-9-18(30-4)10-8-16/h7-13,19H,6H2,1-5H3,(H,23,25,27)/t19-/m0/s1. The second-order valence-corrected chi connectivity index (χ2v) is 10.3. The molecule has 1 N–H and O–H groups in total. The molecule has 0 fully saturated rings. The highest BCUT2D eigenvalue weighted by Crippen LogP contribution is 2.29. The lowest BCUT2D eigenvalue weighted by atomic mass is 10.1. The van der Waals surface area contributed by atoms with Crippen molar-refractivity contribution in [2.75, 3.05) is 23.0 Å². The first-order valence-electron chi connectivity index (χ1n) is 9.99. The van der Waals surface area contributed by atoms with Gasteiger partial charge in [0.05, 0.1) is 19.1 Å². The number of ether oxygens (including phenoxy) is 1. The van der Waals surface area contributed by atoms with Crippen LogP contribution in [-0.4, -0.2) is 43.9 Å². The molecule has 2 aromatic carbocycles. The number of hydrogen-bond acceptors (Lipinski definition) is 7. The van der Waals surface area contributed by atoms with Gasteiger partial charge in [0.25, 0.3) is 0 Å². The molecule has 10 heteroatoms. The highest BCUT2D eigenvalue weighted by atomic mass is 32.2. The minimum atomic E-state index is -3.72. The van der Waals surface area contributed by atoms with Crippen LogP contribution >= 0.6 is 11.3 Å². The normalized spacial score (nSPS) is 12.3. The van der Waals surface area contributed by atoms with Gasteiger partial charge in [0, 0.05) is 5.56 Å². The van der Waals surface area contributed by atoms with E-state index in [-0.39, 0.29) is 6.42 Å². The average Bonchev–Trinajstić information content (AvgIpc) is 3.18. The number of aromatic nitrogens is 2. The summed E-state index contributed by atoms with van der Waals surface area (Å²) in [5.41, 5.74) is 3.13. The monoisotopic (exact) mass is 474 g/mol. The molecule has 0 unspecified atom stereocenters. The number of benzene rings is 2. The highest BCUT2D eigenvalue weighted by molar-refractivity contribution is 7.92. The van der Waals surface area contributed by atoms with Gasteiger partial charge in [-0.2, -0.15) is 0 Å². The van der Waals surface area contributed by atoms with E-state index in [0.717, 1.165) is 28.7 Å². The summed E-state index contributed by atoms with van der Waals surface area (Å²) < 4.78 is 31.7. The molecule has 0 aliphatic carbocycles. The first kappa shape index (κ1) is 23.7. The van der Waals surface area contributed by atoms with Crippen LogP contribution in [0.2, 0.25) is 0 Å². The summed E-state index contributed by atoms with van der Waals surface area (Å²) in [6, 6.07) is 11.9. The molecule has 1 atom stereocenters. The number of anilines is 2. The Morgan fingerprint density at radius 2 is 1.75 bits per heavy atom. The maximum atomic E-state index is 13.1. The number of sulfonamides is 1. The number of nitrogens with one attached hydrogen (secondary N) is 1. The lowest BCUT2D eigenvalue weighted by Crippen LogP contribution is -2.47. The van der Waals surface area contributed by atoms with Gasteiger partial charge < -0.3 is 4.74 Å². The number of rotatable bonds is 8. The lowest BCUT2D eigenvalue weighted by molar-refractivity contribution is -0.117. The number of amides is 1. The van der Waals surface area contributed by atoms with E-state index in [1.807, 2.05) is 44.2 Å². The maximum Gasteiger partial charge on any atom is 0.250 e. The highest BCUT2D eigenvalue weighted by Gasteiger charge is 2.32. The van der Waals surface area contributed by atoms with Crippen LogP contribution in [0.25, 0.3) is 10.6 Å². The predicted molar refractivity (Wildman–Crippen MR) is 128 cm³/mol. The van der Waals surface area contributed by atoms with E-state index in [0.29, 0.717) is 15.8 Å². The number of methoxy groups -OCH3 is 1. The molecule has 32 heavy (non-hydrogen) atoms. The van der Waals surface area contributed by atoms with E-state index in [9.17, 15) is 13.2 Å². The van der Waals surface area contributed by atoms with Gasteiger partial charge in [-0.3, -0.25) is 14.4 Å².